The lowest BCUT2D eigenvalue weighted by Crippen LogP contribution is -2.06. The van der Waals surface area contributed by atoms with E-state index in [2.05, 4.69) is 28.9 Å². The van der Waals surface area contributed by atoms with Crippen LogP contribution in [0.15, 0.2) is 24.7 Å². The molecule has 2 rings (SSSR count). The summed E-state index contributed by atoms with van der Waals surface area (Å²) in [6.07, 6.45) is 6.28. The highest BCUT2D eigenvalue weighted by Gasteiger charge is 2.06. The van der Waals surface area contributed by atoms with Gasteiger partial charge in [0.1, 0.15) is 0 Å². The second-order valence-electron chi connectivity index (χ2n) is 4.27. The van der Waals surface area contributed by atoms with E-state index in [1.54, 1.807) is 17.1 Å². The number of hydrogen-bond donors (Lipinski definition) is 1. The van der Waals surface area contributed by atoms with Gasteiger partial charge in [-0.3, -0.25) is 0 Å². The number of aromatic nitrogens is 4. The third kappa shape index (κ3) is 2.68. The van der Waals surface area contributed by atoms with Crippen molar-refractivity contribution in [1.82, 2.24) is 19.7 Å². The van der Waals surface area contributed by atoms with Gasteiger partial charge in [0.05, 0.1) is 5.69 Å². The maximum absolute atomic E-state index is 5.47. The predicted octanol–water partition coefficient (Wildman–Crippen LogP) is 1.29. The van der Waals surface area contributed by atoms with Crippen molar-refractivity contribution < 1.29 is 0 Å². The molecular formula is C12H17N5. The summed E-state index contributed by atoms with van der Waals surface area (Å²) in [6, 6.07) is 1.99. The first-order chi connectivity index (χ1) is 8.20. The van der Waals surface area contributed by atoms with Gasteiger partial charge in [0, 0.05) is 18.6 Å². The van der Waals surface area contributed by atoms with Crippen LogP contribution >= 0.6 is 0 Å². The van der Waals surface area contributed by atoms with Crippen LogP contribution in [0.25, 0.3) is 5.95 Å². The smallest absolute Gasteiger partial charge is 0.250 e. The summed E-state index contributed by atoms with van der Waals surface area (Å²) in [4.78, 5) is 8.55. The maximum Gasteiger partial charge on any atom is 0.250 e. The van der Waals surface area contributed by atoms with Gasteiger partial charge < -0.3 is 5.73 Å². The first-order valence-electron chi connectivity index (χ1n) is 5.77. The Labute approximate surface area is 101 Å². The first-order valence-corrected chi connectivity index (χ1v) is 5.77. The molecule has 0 aromatic carbocycles. The summed E-state index contributed by atoms with van der Waals surface area (Å²) in [5, 5.41) is 4.42. The molecular weight excluding hydrogens is 214 g/mol. The minimum atomic E-state index is 0.410. The Kier molecular flexibility index (Phi) is 3.49. The number of nitrogens with two attached hydrogens (primary N) is 1. The van der Waals surface area contributed by atoms with Crippen LogP contribution in [0.3, 0.4) is 0 Å². The highest BCUT2D eigenvalue weighted by molar-refractivity contribution is 5.16. The Bertz CT molecular complexity index is 472. The molecule has 0 spiro atoms. The van der Waals surface area contributed by atoms with E-state index in [-0.39, 0.29) is 0 Å². The average molecular weight is 231 g/mol. The van der Waals surface area contributed by atoms with Crippen LogP contribution in [0, 0.1) is 0 Å². The first kappa shape index (κ1) is 11.7. The lowest BCUT2D eigenvalue weighted by atomic mass is 10.1. The Hall–Kier alpha value is -1.75. The van der Waals surface area contributed by atoms with Gasteiger partial charge in [-0.15, -0.1) is 0 Å². The molecule has 0 radical (unpaired) electrons. The van der Waals surface area contributed by atoms with Crippen LogP contribution in [-0.4, -0.2) is 26.3 Å². The van der Waals surface area contributed by atoms with E-state index < -0.39 is 0 Å². The summed E-state index contributed by atoms with van der Waals surface area (Å²) in [5.41, 5.74) is 7.56. The lowest BCUT2D eigenvalue weighted by molar-refractivity contribution is 0.739. The lowest BCUT2D eigenvalue weighted by Gasteiger charge is -2.02. The van der Waals surface area contributed by atoms with Crippen molar-refractivity contribution in [2.45, 2.75) is 26.2 Å². The van der Waals surface area contributed by atoms with E-state index in [1.807, 2.05) is 12.3 Å². The summed E-state index contributed by atoms with van der Waals surface area (Å²) >= 11 is 0. The Morgan fingerprint density at radius 1 is 1.29 bits per heavy atom. The quantitative estimate of drug-likeness (QED) is 0.860. The number of rotatable bonds is 4. The van der Waals surface area contributed by atoms with Crippen molar-refractivity contribution in [2.24, 2.45) is 5.73 Å². The standard InChI is InChI=1S/C12H17N5/c1-9(2)11-4-6-17(16-11)12-14-7-10(3-5-13)8-15-12/h4,6-9H,3,5,13H2,1-2H3. The van der Waals surface area contributed by atoms with Gasteiger partial charge in [0.2, 0.25) is 5.95 Å². The number of hydrogen-bond acceptors (Lipinski definition) is 4. The second kappa shape index (κ2) is 5.05. The molecule has 0 aliphatic carbocycles. The zero-order valence-electron chi connectivity index (χ0n) is 10.2. The highest BCUT2D eigenvalue weighted by atomic mass is 15.3. The second-order valence-corrected chi connectivity index (χ2v) is 4.27. The van der Waals surface area contributed by atoms with Gasteiger partial charge in [0.15, 0.2) is 0 Å². The predicted molar refractivity (Wildman–Crippen MR) is 66.0 cm³/mol. The molecule has 2 aromatic rings. The van der Waals surface area contributed by atoms with Crippen molar-refractivity contribution in [3.8, 4) is 5.95 Å². The zero-order chi connectivity index (χ0) is 12.3. The molecule has 0 aliphatic rings. The Morgan fingerprint density at radius 2 is 2.00 bits per heavy atom. The molecule has 5 heteroatoms. The van der Waals surface area contributed by atoms with Crippen LogP contribution in [0.2, 0.25) is 0 Å². The van der Waals surface area contributed by atoms with Crippen molar-refractivity contribution in [3.63, 3.8) is 0 Å². The third-order valence-corrected chi connectivity index (χ3v) is 2.53. The van der Waals surface area contributed by atoms with Crippen molar-refractivity contribution in [1.29, 1.82) is 0 Å². The van der Waals surface area contributed by atoms with Crippen LogP contribution in [0.1, 0.15) is 31.0 Å². The fourth-order valence-corrected chi connectivity index (χ4v) is 1.52. The average Bonchev–Trinajstić information content (AvgIpc) is 2.80. The van der Waals surface area contributed by atoms with Crippen LogP contribution in [-0.2, 0) is 6.42 Å². The topological polar surface area (TPSA) is 69.6 Å². The van der Waals surface area contributed by atoms with Gasteiger partial charge in [-0.2, -0.15) is 5.10 Å². The van der Waals surface area contributed by atoms with Crippen LogP contribution in [0.4, 0.5) is 0 Å². The van der Waals surface area contributed by atoms with E-state index in [0.29, 0.717) is 18.4 Å². The van der Waals surface area contributed by atoms with E-state index in [4.69, 9.17) is 5.73 Å². The molecule has 0 aliphatic heterocycles. The summed E-state index contributed by atoms with van der Waals surface area (Å²) in [6.45, 7) is 4.83. The van der Waals surface area contributed by atoms with Crippen LogP contribution < -0.4 is 5.73 Å². The van der Waals surface area contributed by atoms with Crippen molar-refractivity contribution in [3.05, 3.63) is 35.9 Å². The third-order valence-electron chi connectivity index (χ3n) is 2.53. The fraction of sp³-hybridized carbons (Fsp3) is 0.417. The Balaban J connectivity index is 2.21. The molecule has 0 amide bonds. The summed E-state index contributed by atoms with van der Waals surface area (Å²) in [5.74, 6) is 1.01. The van der Waals surface area contributed by atoms with E-state index in [0.717, 1.165) is 17.7 Å². The van der Waals surface area contributed by atoms with Gasteiger partial charge in [-0.05, 0) is 30.5 Å². The molecule has 0 bridgehead atoms. The largest absolute Gasteiger partial charge is 0.330 e. The molecule has 2 aromatic heterocycles. The highest BCUT2D eigenvalue weighted by Crippen LogP contribution is 2.12. The zero-order valence-corrected chi connectivity index (χ0v) is 10.2. The molecule has 0 atom stereocenters. The van der Waals surface area contributed by atoms with Gasteiger partial charge >= 0.3 is 0 Å². The summed E-state index contributed by atoms with van der Waals surface area (Å²) < 4.78 is 1.70. The monoisotopic (exact) mass is 231 g/mol. The van der Waals surface area contributed by atoms with Gasteiger partial charge in [-0.25, -0.2) is 14.6 Å². The molecule has 0 saturated carbocycles. The molecule has 2 heterocycles. The Morgan fingerprint density at radius 3 is 2.53 bits per heavy atom. The van der Waals surface area contributed by atoms with Crippen molar-refractivity contribution >= 4 is 0 Å². The minimum Gasteiger partial charge on any atom is -0.330 e. The van der Waals surface area contributed by atoms with Crippen LogP contribution in [0.5, 0.6) is 0 Å². The van der Waals surface area contributed by atoms with E-state index >= 15 is 0 Å². The van der Waals surface area contributed by atoms with Gasteiger partial charge in [-0.1, -0.05) is 13.8 Å². The molecule has 90 valence electrons. The number of nitrogens with zero attached hydrogens (tertiary/aromatic N) is 4. The molecule has 2 N–H and O–H groups in total. The fourth-order valence-electron chi connectivity index (χ4n) is 1.52. The molecule has 0 saturated heterocycles. The molecule has 5 nitrogen and oxygen atoms in total. The van der Waals surface area contributed by atoms with Gasteiger partial charge in [0.25, 0.3) is 0 Å². The molecule has 0 fully saturated rings. The molecule has 0 unspecified atom stereocenters. The van der Waals surface area contributed by atoms with E-state index in [1.165, 1.54) is 0 Å². The minimum absolute atomic E-state index is 0.410. The SMILES string of the molecule is CC(C)c1ccn(-c2ncc(CCN)cn2)n1. The summed E-state index contributed by atoms with van der Waals surface area (Å²) in [7, 11) is 0. The normalized spacial score (nSPS) is 11.1. The van der Waals surface area contributed by atoms with Crippen molar-refractivity contribution in [2.75, 3.05) is 6.54 Å². The van der Waals surface area contributed by atoms with E-state index in [9.17, 15) is 0 Å². The maximum atomic E-state index is 5.47. The molecule has 17 heavy (non-hydrogen) atoms.